The second-order valence-corrected chi connectivity index (χ2v) is 4.06. The Hall–Kier alpha value is -0.520. The zero-order valence-corrected chi connectivity index (χ0v) is 8.07. The Morgan fingerprint density at radius 2 is 2.09 bits per heavy atom. The molecule has 0 bridgehead atoms. The third kappa shape index (κ3) is 1.74. The lowest BCUT2D eigenvalue weighted by Crippen LogP contribution is -1.92. The van der Waals surface area contributed by atoms with Crippen molar-refractivity contribution in [3.8, 4) is 0 Å². The van der Waals surface area contributed by atoms with Gasteiger partial charge in [-0.05, 0) is 31.8 Å². The highest BCUT2D eigenvalue weighted by atomic mass is 14.4. The van der Waals surface area contributed by atoms with E-state index in [1.54, 1.807) is 11.1 Å². The predicted octanol–water partition coefficient (Wildman–Crippen LogP) is 3.55. The van der Waals surface area contributed by atoms with Gasteiger partial charge < -0.3 is 0 Å². The summed E-state index contributed by atoms with van der Waals surface area (Å²) in [6.45, 7) is 12.9. The fraction of sp³-hybridized carbons (Fsp3) is 0.636. The van der Waals surface area contributed by atoms with Gasteiger partial charge in [0.25, 0.3) is 0 Å². The molecule has 62 valence electrons. The van der Waals surface area contributed by atoms with Gasteiger partial charge in [-0.3, -0.25) is 0 Å². The van der Waals surface area contributed by atoms with Crippen molar-refractivity contribution in [3.05, 3.63) is 23.3 Å². The van der Waals surface area contributed by atoms with Gasteiger partial charge in [0.15, 0.2) is 0 Å². The topological polar surface area (TPSA) is 0 Å². The molecule has 1 unspecified atom stereocenters. The molecule has 0 aromatic carbocycles. The van der Waals surface area contributed by atoms with Crippen LogP contribution in [0.4, 0.5) is 0 Å². The van der Waals surface area contributed by atoms with E-state index in [1.807, 2.05) is 0 Å². The third-order valence-corrected chi connectivity index (χ3v) is 2.38. The molecule has 0 aliphatic heterocycles. The molecule has 1 aliphatic carbocycles. The quantitative estimate of drug-likeness (QED) is 0.577. The first-order valence-electron chi connectivity index (χ1n) is 4.40. The molecule has 1 atom stereocenters. The van der Waals surface area contributed by atoms with Crippen molar-refractivity contribution < 1.29 is 0 Å². The number of hydrogen-bond acceptors (Lipinski definition) is 0. The maximum Gasteiger partial charge on any atom is 0.00560 e. The van der Waals surface area contributed by atoms with E-state index in [0.29, 0.717) is 0 Å². The molecular formula is C11H18. The van der Waals surface area contributed by atoms with E-state index in [-0.39, 0.29) is 0 Å². The molecule has 0 heteroatoms. The maximum atomic E-state index is 3.97. The largest absolute Gasteiger partial charge is 0.0958 e. The Morgan fingerprint density at radius 1 is 1.55 bits per heavy atom. The summed E-state index contributed by atoms with van der Waals surface area (Å²) < 4.78 is 0. The van der Waals surface area contributed by atoms with Gasteiger partial charge in [0.2, 0.25) is 0 Å². The van der Waals surface area contributed by atoms with Crippen LogP contribution in [0.5, 0.6) is 0 Å². The van der Waals surface area contributed by atoms with Gasteiger partial charge >= 0.3 is 0 Å². The van der Waals surface area contributed by atoms with E-state index in [9.17, 15) is 0 Å². The summed E-state index contributed by atoms with van der Waals surface area (Å²) in [4.78, 5) is 0. The third-order valence-electron chi connectivity index (χ3n) is 2.38. The van der Waals surface area contributed by atoms with E-state index in [4.69, 9.17) is 0 Å². The van der Waals surface area contributed by atoms with Crippen molar-refractivity contribution in [2.45, 2.75) is 34.1 Å². The molecule has 0 saturated carbocycles. The summed E-state index contributed by atoms with van der Waals surface area (Å²) in [6, 6.07) is 0. The predicted molar refractivity (Wildman–Crippen MR) is 50.5 cm³/mol. The van der Waals surface area contributed by atoms with Gasteiger partial charge in [-0.25, -0.2) is 0 Å². The number of allylic oxidation sites excluding steroid dienone is 3. The van der Waals surface area contributed by atoms with Crippen molar-refractivity contribution in [3.63, 3.8) is 0 Å². The van der Waals surface area contributed by atoms with E-state index in [2.05, 4.69) is 34.3 Å². The van der Waals surface area contributed by atoms with Crippen molar-refractivity contribution in [2.75, 3.05) is 0 Å². The Kier molecular flexibility index (Phi) is 2.22. The van der Waals surface area contributed by atoms with Crippen LogP contribution in [0.1, 0.15) is 34.1 Å². The van der Waals surface area contributed by atoms with E-state index in [1.165, 1.54) is 12.0 Å². The van der Waals surface area contributed by atoms with Crippen LogP contribution in [0.2, 0.25) is 0 Å². The molecular weight excluding hydrogens is 132 g/mol. The zero-order chi connectivity index (χ0) is 8.59. The first-order chi connectivity index (χ1) is 5.04. The summed E-state index contributed by atoms with van der Waals surface area (Å²) in [6.07, 6.45) is 1.31. The molecule has 0 saturated heterocycles. The van der Waals surface area contributed by atoms with Gasteiger partial charge in [0, 0.05) is 5.92 Å². The molecule has 0 fully saturated rings. The minimum absolute atomic E-state index is 0.785. The lowest BCUT2D eigenvalue weighted by Gasteiger charge is -2.03. The first kappa shape index (κ1) is 8.58. The molecule has 0 spiro atoms. The minimum Gasteiger partial charge on any atom is -0.0958 e. The Bertz CT molecular complexity index is 206. The average Bonchev–Trinajstić information content (AvgIpc) is 2.40. The second-order valence-electron chi connectivity index (χ2n) is 4.06. The fourth-order valence-corrected chi connectivity index (χ4v) is 1.79. The Labute approximate surface area is 70.0 Å². The SMILES string of the molecule is C=C(C)C1=C(C)C1CC(C)C. The van der Waals surface area contributed by atoms with Gasteiger partial charge in [-0.15, -0.1) is 0 Å². The highest BCUT2D eigenvalue weighted by Gasteiger charge is 2.32. The van der Waals surface area contributed by atoms with Crippen LogP contribution in [-0.4, -0.2) is 0 Å². The van der Waals surface area contributed by atoms with Gasteiger partial charge in [0.1, 0.15) is 0 Å². The molecule has 11 heavy (non-hydrogen) atoms. The van der Waals surface area contributed by atoms with Crippen LogP contribution in [-0.2, 0) is 0 Å². The van der Waals surface area contributed by atoms with Crippen LogP contribution in [0, 0.1) is 11.8 Å². The van der Waals surface area contributed by atoms with E-state index in [0.717, 1.165) is 11.8 Å². The van der Waals surface area contributed by atoms with Crippen LogP contribution in [0.3, 0.4) is 0 Å². The smallest absolute Gasteiger partial charge is 0.00560 e. The van der Waals surface area contributed by atoms with Crippen molar-refractivity contribution >= 4 is 0 Å². The monoisotopic (exact) mass is 150 g/mol. The van der Waals surface area contributed by atoms with Crippen LogP contribution in [0.25, 0.3) is 0 Å². The lowest BCUT2D eigenvalue weighted by atomic mass is 10.0. The van der Waals surface area contributed by atoms with Crippen molar-refractivity contribution in [1.82, 2.24) is 0 Å². The summed E-state index contributed by atoms with van der Waals surface area (Å²) in [5.74, 6) is 1.60. The highest BCUT2D eigenvalue weighted by Crippen LogP contribution is 2.46. The molecule has 0 aromatic rings. The van der Waals surface area contributed by atoms with Crippen LogP contribution in [0.15, 0.2) is 23.3 Å². The van der Waals surface area contributed by atoms with Gasteiger partial charge in [-0.1, -0.05) is 31.6 Å². The first-order valence-corrected chi connectivity index (χ1v) is 4.40. The van der Waals surface area contributed by atoms with Crippen molar-refractivity contribution in [2.24, 2.45) is 11.8 Å². The molecule has 1 rings (SSSR count). The molecule has 1 aliphatic rings. The molecule has 0 N–H and O–H groups in total. The fourth-order valence-electron chi connectivity index (χ4n) is 1.79. The van der Waals surface area contributed by atoms with E-state index < -0.39 is 0 Å². The van der Waals surface area contributed by atoms with Crippen LogP contribution < -0.4 is 0 Å². The molecule has 0 heterocycles. The standard InChI is InChI=1S/C11H18/c1-7(2)6-10-9(5)11(10)8(3)4/h7,10H,3,6H2,1-2,4-5H3. The molecule has 0 nitrogen and oxygen atoms in total. The zero-order valence-electron chi connectivity index (χ0n) is 8.07. The number of rotatable bonds is 3. The van der Waals surface area contributed by atoms with E-state index >= 15 is 0 Å². The Balaban J connectivity index is 2.43. The lowest BCUT2D eigenvalue weighted by molar-refractivity contribution is 0.549. The summed E-state index contributed by atoms with van der Waals surface area (Å²) >= 11 is 0. The van der Waals surface area contributed by atoms with Gasteiger partial charge in [0.05, 0.1) is 0 Å². The average molecular weight is 150 g/mol. The second kappa shape index (κ2) is 2.84. The normalized spacial score (nSPS) is 22.8. The summed E-state index contributed by atoms with van der Waals surface area (Å²) in [5.41, 5.74) is 4.39. The van der Waals surface area contributed by atoms with Crippen molar-refractivity contribution in [1.29, 1.82) is 0 Å². The number of hydrogen-bond donors (Lipinski definition) is 0. The van der Waals surface area contributed by atoms with Crippen LogP contribution >= 0.6 is 0 Å². The summed E-state index contributed by atoms with van der Waals surface area (Å²) in [5, 5.41) is 0. The van der Waals surface area contributed by atoms with Gasteiger partial charge in [-0.2, -0.15) is 0 Å². The molecule has 0 amide bonds. The minimum atomic E-state index is 0.785. The Morgan fingerprint density at radius 3 is 2.36 bits per heavy atom. The maximum absolute atomic E-state index is 3.97. The summed E-state index contributed by atoms with van der Waals surface area (Å²) in [7, 11) is 0. The molecule has 0 aromatic heterocycles. The highest BCUT2D eigenvalue weighted by molar-refractivity contribution is 5.51. The molecule has 0 radical (unpaired) electrons.